The zero-order chi connectivity index (χ0) is 17.4. The molecule has 6 nitrogen and oxygen atoms in total. The molecule has 24 heavy (non-hydrogen) atoms. The Bertz CT molecular complexity index is 931. The van der Waals surface area contributed by atoms with Crippen LogP contribution in [0, 0.1) is 12.8 Å². The number of carbonyl (C=O) groups excluding carboxylic acids is 1. The van der Waals surface area contributed by atoms with Crippen molar-refractivity contribution in [3.05, 3.63) is 47.8 Å². The summed E-state index contributed by atoms with van der Waals surface area (Å²) in [6.07, 6.45) is 0.439. The lowest BCUT2D eigenvalue weighted by Crippen LogP contribution is -2.22. The topological polar surface area (TPSA) is 101 Å². The second-order valence-electron chi connectivity index (χ2n) is 6.01. The highest BCUT2D eigenvalue weighted by atomic mass is 16.3. The van der Waals surface area contributed by atoms with E-state index in [1.54, 1.807) is 35.8 Å². The van der Waals surface area contributed by atoms with Crippen LogP contribution in [0.5, 0.6) is 11.5 Å². The largest absolute Gasteiger partial charge is 0.504 e. The van der Waals surface area contributed by atoms with E-state index < -0.39 is 0 Å². The predicted octanol–water partition coefficient (Wildman–Crippen LogP) is 2.86. The number of aromatic nitrogens is 2. The molecule has 6 heteroatoms. The Kier molecular flexibility index (Phi) is 3.89. The Hall–Kier alpha value is -3.02. The second kappa shape index (κ2) is 5.88. The molecule has 0 aliphatic heterocycles. The third kappa shape index (κ3) is 2.78. The summed E-state index contributed by atoms with van der Waals surface area (Å²) in [5.74, 6) is -0.172. The Balaban J connectivity index is 1.92. The molecule has 4 N–H and O–H groups in total. The quantitative estimate of drug-likeness (QED) is 0.508. The van der Waals surface area contributed by atoms with E-state index in [2.05, 4.69) is 4.98 Å². The molecule has 0 radical (unpaired) electrons. The molecule has 1 unspecified atom stereocenters. The Morgan fingerprint density at radius 3 is 2.67 bits per heavy atom. The van der Waals surface area contributed by atoms with Gasteiger partial charge in [-0.25, -0.2) is 4.98 Å². The first kappa shape index (κ1) is 15.9. The molecule has 0 aliphatic rings. The number of nitrogens with two attached hydrogens (primary N) is 1. The van der Waals surface area contributed by atoms with E-state index >= 15 is 0 Å². The van der Waals surface area contributed by atoms with Gasteiger partial charge in [0.05, 0.1) is 11.0 Å². The molecular weight excluding hydrogens is 306 g/mol. The Labute approximate surface area is 139 Å². The van der Waals surface area contributed by atoms with Crippen molar-refractivity contribution in [2.24, 2.45) is 5.92 Å². The SMILES string of the molecule is Cc1nc2ccc(N)cc2n1C(=O)C(C)Cc1ccc(O)c(O)c1. The number of nitrogens with zero attached hydrogens (tertiary/aromatic N) is 2. The predicted molar refractivity (Wildman–Crippen MR) is 92.1 cm³/mol. The van der Waals surface area contributed by atoms with E-state index in [9.17, 15) is 15.0 Å². The van der Waals surface area contributed by atoms with Gasteiger partial charge in [-0.3, -0.25) is 9.36 Å². The van der Waals surface area contributed by atoms with E-state index in [0.29, 0.717) is 23.4 Å². The standard InChI is InChI=1S/C18H19N3O3/c1-10(7-12-3-6-16(22)17(23)8-12)18(24)21-11(2)20-14-5-4-13(19)9-15(14)21/h3-6,8-10,22-23H,7,19H2,1-2H3. The van der Waals surface area contributed by atoms with Crippen LogP contribution >= 0.6 is 0 Å². The van der Waals surface area contributed by atoms with Gasteiger partial charge < -0.3 is 15.9 Å². The fraction of sp³-hybridized carbons (Fsp3) is 0.222. The smallest absolute Gasteiger partial charge is 0.235 e. The van der Waals surface area contributed by atoms with Gasteiger partial charge in [0.15, 0.2) is 11.5 Å². The molecular formula is C18H19N3O3. The molecule has 1 aromatic heterocycles. The van der Waals surface area contributed by atoms with E-state index in [0.717, 1.165) is 11.1 Å². The van der Waals surface area contributed by atoms with E-state index in [-0.39, 0.29) is 23.3 Å². The number of carbonyl (C=O) groups is 1. The number of hydrogen-bond acceptors (Lipinski definition) is 5. The number of benzene rings is 2. The summed E-state index contributed by atoms with van der Waals surface area (Å²) >= 11 is 0. The number of rotatable bonds is 3. The van der Waals surface area contributed by atoms with Crippen LogP contribution < -0.4 is 5.73 Å². The molecule has 0 spiro atoms. The van der Waals surface area contributed by atoms with E-state index in [1.807, 2.05) is 6.92 Å². The zero-order valence-electron chi connectivity index (χ0n) is 13.5. The first-order valence-corrected chi connectivity index (χ1v) is 7.66. The maximum atomic E-state index is 12.9. The highest BCUT2D eigenvalue weighted by Gasteiger charge is 2.21. The second-order valence-corrected chi connectivity index (χ2v) is 6.01. The summed E-state index contributed by atoms with van der Waals surface area (Å²) in [6, 6.07) is 9.87. The molecule has 0 saturated heterocycles. The van der Waals surface area contributed by atoms with Gasteiger partial charge in [0.2, 0.25) is 5.91 Å². The minimum absolute atomic E-state index is 0.0897. The minimum Gasteiger partial charge on any atom is -0.504 e. The molecule has 124 valence electrons. The third-order valence-electron chi connectivity index (χ3n) is 4.07. The van der Waals surface area contributed by atoms with E-state index in [4.69, 9.17) is 5.73 Å². The van der Waals surface area contributed by atoms with Gasteiger partial charge in [-0.05, 0) is 49.2 Å². The van der Waals surface area contributed by atoms with Crippen LogP contribution in [0.25, 0.3) is 11.0 Å². The van der Waals surface area contributed by atoms with Crippen LogP contribution in [0.15, 0.2) is 36.4 Å². The van der Waals surface area contributed by atoms with Gasteiger partial charge in [0.1, 0.15) is 5.82 Å². The van der Waals surface area contributed by atoms with Crippen molar-refractivity contribution in [2.75, 3.05) is 5.73 Å². The summed E-state index contributed by atoms with van der Waals surface area (Å²) in [5, 5.41) is 19.0. The number of phenolic OH excluding ortho intramolecular Hbond substituents is 2. The van der Waals surface area contributed by atoms with Gasteiger partial charge >= 0.3 is 0 Å². The lowest BCUT2D eigenvalue weighted by atomic mass is 9.99. The van der Waals surface area contributed by atoms with Crippen molar-refractivity contribution in [2.45, 2.75) is 20.3 Å². The first-order valence-electron chi connectivity index (χ1n) is 7.66. The van der Waals surface area contributed by atoms with Crippen LogP contribution in [-0.2, 0) is 6.42 Å². The number of nitrogen functional groups attached to an aromatic ring is 1. The van der Waals surface area contributed by atoms with Crippen LogP contribution in [0.1, 0.15) is 23.1 Å². The normalized spacial score (nSPS) is 12.4. The number of anilines is 1. The summed E-state index contributed by atoms with van der Waals surface area (Å²) in [5.41, 5.74) is 8.60. The number of hydrogen-bond donors (Lipinski definition) is 3. The number of aromatic hydroxyl groups is 2. The maximum Gasteiger partial charge on any atom is 0.235 e. The fourth-order valence-corrected chi connectivity index (χ4v) is 2.85. The summed E-state index contributed by atoms with van der Waals surface area (Å²) in [6.45, 7) is 3.61. The van der Waals surface area contributed by atoms with Gasteiger partial charge in [0, 0.05) is 11.6 Å². The number of imidazole rings is 1. The van der Waals surface area contributed by atoms with Crippen LogP contribution in [0.4, 0.5) is 5.69 Å². The molecule has 3 aromatic rings. The molecule has 0 fully saturated rings. The van der Waals surface area contributed by atoms with Gasteiger partial charge in [-0.1, -0.05) is 13.0 Å². The van der Waals surface area contributed by atoms with E-state index in [1.165, 1.54) is 12.1 Å². The summed E-state index contributed by atoms with van der Waals surface area (Å²) < 4.78 is 1.58. The average Bonchev–Trinajstić information content (AvgIpc) is 2.85. The van der Waals surface area contributed by atoms with Crippen molar-refractivity contribution >= 4 is 22.6 Å². The Morgan fingerprint density at radius 2 is 1.96 bits per heavy atom. The number of fused-ring (bicyclic) bond motifs is 1. The molecule has 0 amide bonds. The van der Waals surface area contributed by atoms with Crippen molar-refractivity contribution < 1.29 is 15.0 Å². The van der Waals surface area contributed by atoms with Crippen molar-refractivity contribution in [3.8, 4) is 11.5 Å². The molecule has 2 aromatic carbocycles. The Morgan fingerprint density at radius 1 is 1.21 bits per heavy atom. The van der Waals surface area contributed by atoms with Crippen LogP contribution in [0.2, 0.25) is 0 Å². The molecule has 0 bridgehead atoms. The minimum atomic E-state index is -0.327. The third-order valence-corrected chi connectivity index (χ3v) is 4.07. The van der Waals surface area contributed by atoms with Crippen molar-refractivity contribution in [1.82, 2.24) is 9.55 Å². The number of aryl methyl sites for hydroxylation is 1. The molecule has 0 saturated carbocycles. The highest BCUT2D eigenvalue weighted by Crippen LogP contribution is 2.27. The van der Waals surface area contributed by atoms with Crippen LogP contribution in [0.3, 0.4) is 0 Å². The summed E-state index contributed by atoms with van der Waals surface area (Å²) in [7, 11) is 0. The molecule has 1 heterocycles. The highest BCUT2D eigenvalue weighted by molar-refractivity contribution is 5.93. The van der Waals surface area contributed by atoms with Gasteiger partial charge in [-0.2, -0.15) is 0 Å². The molecule has 1 atom stereocenters. The summed E-state index contributed by atoms with van der Waals surface area (Å²) in [4.78, 5) is 17.3. The molecule has 0 aliphatic carbocycles. The lowest BCUT2D eigenvalue weighted by Gasteiger charge is -2.13. The van der Waals surface area contributed by atoms with Crippen LogP contribution in [-0.4, -0.2) is 25.7 Å². The molecule has 3 rings (SSSR count). The zero-order valence-corrected chi connectivity index (χ0v) is 13.5. The van der Waals surface area contributed by atoms with Crippen molar-refractivity contribution in [3.63, 3.8) is 0 Å². The average molecular weight is 325 g/mol. The number of phenols is 2. The van der Waals surface area contributed by atoms with Gasteiger partial charge in [0.25, 0.3) is 0 Å². The monoisotopic (exact) mass is 325 g/mol. The first-order chi connectivity index (χ1) is 11.4. The fourth-order valence-electron chi connectivity index (χ4n) is 2.85. The maximum absolute atomic E-state index is 12.9. The van der Waals surface area contributed by atoms with Gasteiger partial charge in [-0.15, -0.1) is 0 Å². The lowest BCUT2D eigenvalue weighted by molar-refractivity contribution is 0.0847. The van der Waals surface area contributed by atoms with Crippen molar-refractivity contribution in [1.29, 1.82) is 0 Å².